The van der Waals surface area contributed by atoms with E-state index in [1.807, 2.05) is 16.8 Å². The first-order chi connectivity index (χ1) is 29.5. The van der Waals surface area contributed by atoms with E-state index in [0.717, 1.165) is 18.4 Å². The number of aryl methyl sites for hydroxylation is 1. The second-order valence-electron chi connectivity index (χ2n) is 13.1. The van der Waals surface area contributed by atoms with Gasteiger partial charge in [-0.25, -0.2) is 19.3 Å². The minimum Gasteiger partial charge on any atom is -0.424 e. The van der Waals surface area contributed by atoms with E-state index in [1.165, 1.54) is 6.33 Å². The number of oxazole rings is 1. The highest BCUT2D eigenvalue weighted by atomic mass is 16.6. The lowest BCUT2D eigenvalue weighted by Crippen LogP contribution is -2.26. The third-order valence-electron chi connectivity index (χ3n) is 8.65. The maximum atomic E-state index is 12.3. The predicted octanol–water partition coefficient (Wildman–Crippen LogP) is 1.00. The smallest absolute Gasteiger partial charge is 0.292 e. The van der Waals surface area contributed by atoms with Gasteiger partial charge in [0.15, 0.2) is 11.2 Å². The number of anilines is 2. The van der Waals surface area contributed by atoms with Gasteiger partial charge in [0.1, 0.15) is 29.0 Å². The highest BCUT2D eigenvalue weighted by molar-refractivity contribution is 5.99. The van der Waals surface area contributed by atoms with E-state index in [2.05, 4.69) is 30.6 Å². The van der Waals surface area contributed by atoms with Crippen LogP contribution < -0.4 is 16.8 Å². The summed E-state index contributed by atoms with van der Waals surface area (Å²) < 4.78 is 52.8. The van der Waals surface area contributed by atoms with Gasteiger partial charge in [0, 0.05) is 25.1 Å². The monoisotopic (exact) mass is 843 g/mol. The van der Waals surface area contributed by atoms with Crippen molar-refractivity contribution in [2.45, 2.75) is 39.0 Å². The molecule has 6 N–H and O–H groups in total. The Hall–Kier alpha value is -4.91. The van der Waals surface area contributed by atoms with Crippen LogP contribution in [0.25, 0.3) is 33.4 Å². The average Bonchev–Trinajstić information content (AvgIpc) is 3.98. The molecule has 0 bridgehead atoms. The Labute approximate surface area is 347 Å². The highest BCUT2D eigenvalue weighted by Crippen LogP contribution is 2.32. The van der Waals surface area contributed by atoms with E-state index < -0.39 is 0 Å². The number of rotatable bonds is 34. The molecule has 5 aromatic rings. The van der Waals surface area contributed by atoms with Crippen LogP contribution in [0.2, 0.25) is 0 Å². The van der Waals surface area contributed by atoms with Crippen LogP contribution in [0.15, 0.2) is 35.1 Å². The molecule has 5 rings (SSSR count). The minimum absolute atomic E-state index is 0.0728. The molecule has 0 fully saturated rings. The number of nitrogens with one attached hydrogen (secondary N) is 1. The van der Waals surface area contributed by atoms with Crippen molar-refractivity contribution in [2.75, 3.05) is 124 Å². The molecule has 0 aliphatic carbocycles. The number of amides is 1. The van der Waals surface area contributed by atoms with Crippen LogP contribution >= 0.6 is 0 Å². The molecule has 4 heterocycles. The molecular formula is C38H57N11O11. The lowest BCUT2D eigenvalue weighted by molar-refractivity contribution is -0.122. The number of carbonyl (C=O) groups excluding carboxylic acids is 1. The Balaban J connectivity index is 0.749. The zero-order valence-electron chi connectivity index (χ0n) is 33.9. The van der Waals surface area contributed by atoms with Crippen molar-refractivity contribution in [1.29, 1.82) is 0 Å². The molecule has 0 saturated carbocycles. The van der Waals surface area contributed by atoms with Gasteiger partial charge in [-0.05, 0) is 31.0 Å². The van der Waals surface area contributed by atoms with Crippen molar-refractivity contribution in [1.82, 2.24) is 45.0 Å². The number of nitrogens with two attached hydrogens (primary N) is 2. The topological polar surface area (TPSA) is 276 Å². The maximum Gasteiger partial charge on any atom is 0.292 e. The standard InChI is InChI=1S/C38H57N11O11/c39-36-34-35(29-3-4-32-31(25-29)44-38(40)60-32)46-49(37(34)43-28-42-36)7-2-1-6-41-33(51)5-9-52-11-13-54-15-17-56-19-21-58-23-24-59-22-20-57-18-16-55-14-12-53-10-8-48-26-30(27-50)45-47-48/h3-4,25-26,28,50H,1-2,5-24,27H2,(H2,40,44)(H,41,51)(H2,39,42,43). The van der Waals surface area contributed by atoms with Crippen LogP contribution in [-0.4, -0.2) is 163 Å². The molecule has 22 nitrogen and oxygen atoms in total. The molecule has 0 spiro atoms. The van der Waals surface area contributed by atoms with E-state index in [0.29, 0.717) is 165 Å². The second kappa shape index (κ2) is 27.0. The van der Waals surface area contributed by atoms with Crippen LogP contribution in [0, 0.1) is 0 Å². The number of aliphatic hydroxyl groups excluding tert-OH is 1. The van der Waals surface area contributed by atoms with Gasteiger partial charge in [-0.2, -0.15) is 10.1 Å². The van der Waals surface area contributed by atoms with Gasteiger partial charge in [0.05, 0.1) is 130 Å². The second-order valence-corrected chi connectivity index (χ2v) is 13.1. The Morgan fingerprint density at radius 3 is 1.95 bits per heavy atom. The van der Waals surface area contributed by atoms with E-state index >= 15 is 0 Å². The van der Waals surface area contributed by atoms with E-state index in [-0.39, 0.29) is 24.9 Å². The number of fused-ring (bicyclic) bond motifs is 2. The van der Waals surface area contributed by atoms with Crippen LogP contribution in [0.4, 0.5) is 11.8 Å². The molecule has 22 heteroatoms. The number of hydrogen-bond donors (Lipinski definition) is 4. The Kier molecular flexibility index (Phi) is 20.8. The summed E-state index contributed by atoms with van der Waals surface area (Å²) in [5.41, 5.74) is 15.7. The van der Waals surface area contributed by atoms with E-state index in [1.54, 1.807) is 16.9 Å². The number of aliphatic hydroxyl groups is 1. The zero-order chi connectivity index (χ0) is 42.0. The van der Waals surface area contributed by atoms with Crippen LogP contribution in [0.5, 0.6) is 0 Å². The summed E-state index contributed by atoms with van der Waals surface area (Å²) in [6.45, 7) is 8.75. The summed E-state index contributed by atoms with van der Waals surface area (Å²) in [5, 5.41) is 25.1. The molecule has 0 aliphatic heterocycles. The molecule has 1 amide bonds. The quantitative estimate of drug-likeness (QED) is 0.0421. The predicted molar refractivity (Wildman–Crippen MR) is 217 cm³/mol. The maximum absolute atomic E-state index is 12.3. The first kappa shape index (κ1) is 46.2. The van der Waals surface area contributed by atoms with E-state index in [4.69, 9.17) is 64.0 Å². The van der Waals surface area contributed by atoms with Gasteiger partial charge >= 0.3 is 0 Å². The Morgan fingerprint density at radius 1 is 0.750 bits per heavy atom. The largest absolute Gasteiger partial charge is 0.424 e. The van der Waals surface area contributed by atoms with Gasteiger partial charge in [-0.15, -0.1) is 5.10 Å². The molecule has 0 radical (unpaired) electrons. The number of carbonyl (C=O) groups is 1. The fraction of sp³-hybridized carbons (Fsp3) is 0.605. The third-order valence-corrected chi connectivity index (χ3v) is 8.65. The Bertz CT molecular complexity index is 1960. The number of nitrogens with zero attached hydrogens (tertiary/aromatic N) is 8. The van der Waals surface area contributed by atoms with Gasteiger partial charge in [-0.3, -0.25) is 4.79 Å². The van der Waals surface area contributed by atoms with Crippen molar-refractivity contribution < 1.29 is 52.2 Å². The Morgan fingerprint density at radius 2 is 1.35 bits per heavy atom. The number of hydrogen-bond acceptors (Lipinski definition) is 19. The summed E-state index contributed by atoms with van der Waals surface area (Å²) in [4.78, 5) is 25.1. The minimum atomic E-state index is -0.126. The van der Waals surface area contributed by atoms with Crippen LogP contribution in [0.3, 0.4) is 0 Å². The summed E-state index contributed by atoms with van der Waals surface area (Å²) in [6.07, 6.45) is 4.88. The molecule has 4 aromatic heterocycles. The van der Waals surface area contributed by atoms with Gasteiger partial charge < -0.3 is 64.2 Å². The summed E-state index contributed by atoms with van der Waals surface area (Å²) >= 11 is 0. The normalized spacial score (nSPS) is 11.7. The zero-order valence-corrected chi connectivity index (χ0v) is 33.9. The first-order valence-electron chi connectivity index (χ1n) is 20.0. The van der Waals surface area contributed by atoms with Gasteiger partial charge in [-0.1, -0.05) is 5.21 Å². The molecule has 0 aliphatic rings. The molecule has 330 valence electrons. The van der Waals surface area contributed by atoms with Crippen LogP contribution in [0.1, 0.15) is 25.0 Å². The number of aromatic nitrogens is 8. The van der Waals surface area contributed by atoms with Gasteiger partial charge in [0.25, 0.3) is 6.01 Å². The first-order valence-corrected chi connectivity index (χ1v) is 20.0. The van der Waals surface area contributed by atoms with Crippen molar-refractivity contribution >= 4 is 39.9 Å². The summed E-state index contributed by atoms with van der Waals surface area (Å²) in [6, 6.07) is 5.60. The third kappa shape index (κ3) is 16.3. The van der Waals surface area contributed by atoms with Crippen LogP contribution in [-0.2, 0) is 62.4 Å². The average molecular weight is 844 g/mol. The molecule has 0 saturated heterocycles. The summed E-state index contributed by atoms with van der Waals surface area (Å²) in [5.74, 6) is 0.263. The van der Waals surface area contributed by atoms with Crippen molar-refractivity contribution in [2.24, 2.45) is 0 Å². The lowest BCUT2D eigenvalue weighted by atomic mass is 10.1. The molecule has 0 unspecified atom stereocenters. The number of unbranched alkanes of at least 4 members (excludes halogenated alkanes) is 1. The van der Waals surface area contributed by atoms with Crippen molar-refractivity contribution in [3.8, 4) is 11.3 Å². The number of nitrogen functional groups attached to an aromatic ring is 2. The lowest BCUT2D eigenvalue weighted by Gasteiger charge is -2.09. The molecule has 60 heavy (non-hydrogen) atoms. The highest BCUT2D eigenvalue weighted by Gasteiger charge is 2.18. The van der Waals surface area contributed by atoms with Crippen molar-refractivity contribution in [3.05, 3.63) is 36.4 Å². The molecule has 0 atom stereocenters. The van der Waals surface area contributed by atoms with Crippen molar-refractivity contribution in [3.63, 3.8) is 0 Å². The summed E-state index contributed by atoms with van der Waals surface area (Å²) in [7, 11) is 0. The van der Waals surface area contributed by atoms with E-state index in [9.17, 15) is 4.79 Å². The number of benzene rings is 1. The molecular weight excluding hydrogens is 786 g/mol. The SMILES string of the molecule is Nc1nc2cc(-c3nn(CCCCNC(=O)CCOCCOCCOCCOCCOCCOCCOCCOCCn4cc(CO)nn4)c4ncnc(N)c34)ccc2o1. The fourth-order valence-electron chi connectivity index (χ4n) is 5.67. The van der Waals surface area contributed by atoms with Gasteiger partial charge in [0.2, 0.25) is 5.91 Å². The fourth-order valence-corrected chi connectivity index (χ4v) is 5.67. The number of ether oxygens (including phenoxy) is 8. The molecule has 1 aromatic carbocycles.